The van der Waals surface area contributed by atoms with Crippen LogP contribution in [0.3, 0.4) is 0 Å². The largest absolute Gasteiger partial charge is 0.367 e. The molecule has 1 aliphatic rings. The maximum Gasteiger partial charge on any atom is 0.130 e. The van der Waals surface area contributed by atoms with E-state index in [1.807, 2.05) is 0 Å². The van der Waals surface area contributed by atoms with Gasteiger partial charge in [-0.1, -0.05) is 31.9 Å². The predicted molar refractivity (Wildman–Crippen MR) is 78.7 cm³/mol. The molecule has 106 valence electrons. The number of epoxide rings is 1. The number of allylic oxidation sites excluding steroid dienone is 1. The van der Waals surface area contributed by atoms with E-state index in [9.17, 15) is 0 Å². The third-order valence-corrected chi connectivity index (χ3v) is 4.25. The monoisotopic (exact) mass is 254 g/mol. The third-order valence-electron chi connectivity index (χ3n) is 4.25. The zero-order valence-corrected chi connectivity index (χ0v) is 12.7. The van der Waals surface area contributed by atoms with Gasteiger partial charge in [-0.15, -0.1) is 0 Å². The normalized spacial score (nSPS) is 19.6. The molecule has 1 unspecified atom stereocenters. The van der Waals surface area contributed by atoms with Gasteiger partial charge in [0.1, 0.15) is 12.6 Å². The van der Waals surface area contributed by atoms with Gasteiger partial charge in [0, 0.05) is 6.42 Å². The Balaban J connectivity index is 2.19. The number of hydrogen-bond acceptors (Lipinski definition) is 1. The molecule has 2 heteroatoms. The highest BCUT2D eigenvalue weighted by atomic mass is 16.6. The van der Waals surface area contributed by atoms with E-state index in [-0.39, 0.29) is 0 Å². The maximum absolute atomic E-state index is 5.41. The molecule has 1 atom stereocenters. The second-order valence-electron chi connectivity index (χ2n) is 5.59. The molecule has 0 aliphatic carbocycles. The van der Waals surface area contributed by atoms with E-state index >= 15 is 0 Å². The lowest BCUT2D eigenvalue weighted by molar-refractivity contribution is -0.925. The van der Waals surface area contributed by atoms with Gasteiger partial charge < -0.3 is 9.22 Å². The van der Waals surface area contributed by atoms with Gasteiger partial charge in [-0.05, 0) is 26.7 Å². The molecule has 1 heterocycles. The van der Waals surface area contributed by atoms with Gasteiger partial charge in [0.15, 0.2) is 0 Å². The molecule has 1 saturated heterocycles. The van der Waals surface area contributed by atoms with E-state index in [2.05, 4.69) is 32.9 Å². The lowest BCUT2D eigenvalue weighted by Crippen LogP contribution is -2.50. The van der Waals surface area contributed by atoms with Crippen LogP contribution in [0.2, 0.25) is 0 Å². The number of hydrogen-bond donors (Lipinski definition) is 0. The van der Waals surface area contributed by atoms with Gasteiger partial charge in [0.05, 0.1) is 26.2 Å². The van der Waals surface area contributed by atoms with Gasteiger partial charge in [-0.2, -0.15) is 0 Å². The Morgan fingerprint density at radius 3 is 2.28 bits per heavy atom. The van der Waals surface area contributed by atoms with Crippen molar-refractivity contribution in [3.8, 4) is 0 Å². The van der Waals surface area contributed by atoms with E-state index < -0.39 is 0 Å². The van der Waals surface area contributed by atoms with Crippen LogP contribution in [0.25, 0.3) is 0 Å². The van der Waals surface area contributed by atoms with Gasteiger partial charge in [0.25, 0.3) is 0 Å². The van der Waals surface area contributed by atoms with Gasteiger partial charge in [0.2, 0.25) is 0 Å². The fraction of sp³-hybridized carbons (Fsp3) is 0.875. The Labute approximate surface area is 114 Å². The molecule has 0 N–H and O–H groups in total. The number of ether oxygens (including phenoxy) is 1. The molecular weight excluding hydrogens is 222 g/mol. The quantitative estimate of drug-likeness (QED) is 0.237. The average Bonchev–Trinajstić information content (AvgIpc) is 3.20. The molecule has 0 aromatic carbocycles. The highest BCUT2D eigenvalue weighted by Gasteiger charge is 2.34. The highest BCUT2D eigenvalue weighted by molar-refractivity contribution is 4.81. The summed E-state index contributed by atoms with van der Waals surface area (Å²) in [6.07, 6.45) is 11.8. The van der Waals surface area contributed by atoms with Crippen molar-refractivity contribution >= 4 is 0 Å². The Morgan fingerprint density at radius 2 is 1.72 bits per heavy atom. The Bertz CT molecular complexity index is 229. The Morgan fingerprint density at radius 1 is 1.06 bits per heavy atom. The second-order valence-corrected chi connectivity index (χ2v) is 5.59. The first-order valence-corrected chi connectivity index (χ1v) is 7.88. The number of quaternary nitrogens is 1. The van der Waals surface area contributed by atoms with Crippen molar-refractivity contribution in [1.82, 2.24) is 0 Å². The molecule has 0 aromatic rings. The van der Waals surface area contributed by atoms with Crippen LogP contribution in [0.15, 0.2) is 12.2 Å². The summed E-state index contributed by atoms with van der Waals surface area (Å²) in [6.45, 7) is 12.9. The second kappa shape index (κ2) is 8.71. The molecule has 1 rings (SSSR count). The van der Waals surface area contributed by atoms with Crippen LogP contribution in [0.5, 0.6) is 0 Å². The van der Waals surface area contributed by atoms with E-state index in [0.717, 1.165) is 6.61 Å². The van der Waals surface area contributed by atoms with Gasteiger partial charge in [-0.3, -0.25) is 0 Å². The van der Waals surface area contributed by atoms with Crippen LogP contribution in [0, 0.1) is 0 Å². The van der Waals surface area contributed by atoms with Crippen molar-refractivity contribution in [1.29, 1.82) is 0 Å². The van der Waals surface area contributed by atoms with Crippen molar-refractivity contribution in [3.63, 3.8) is 0 Å². The third kappa shape index (κ3) is 6.01. The molecule has 1 fully saturated rings. The van der Waals surface area contributed by atoms with Crippen LogP contribution >= 0.6 is 0 Å². The number of likely N-dealkylation sites (N-methyl/N-ethyl adjacent to an activating group) is 1. The fourth-order valence-corrected chi connectivity index (χ4v) is 2.59. The molecule has 0 amide bonds. The summed E-state index contributed by atoms with van der Waals surface area (Å²) in [5.41, 5.74) is 0. The predicted octanol–water partition coefficient (Wildman–Crippen LogP) is 3.77. The summed E-state index contributed by atoms with van der Waals surface area (Å²) in [6, 6.07) is 0. The summed E-state index contributed by atoms with van der Waals surface area (Å²) in [5.74, 6) is 0. The highest BCUT2D eigenvalue weighted by Crippen LogP contribution is 2.18. The average molecular weight is 254 g/mol. The molecule has 1 aliphatic heterocycles. The van der Waals surface area contributed by atoms with Crippen LogP contribution in [-0.2, 0) is 4.74 Å². The summed E-state index contributed by atoms with van der Waals surface area (Å²) in [5, 5.41) is 0. The molecule has 18 heavy (non-hydrogen) atoms. The summed E-state index contributed by atoms with van der Waals surface area (Å²) in [7, 11) is 0. The lowest BCUT2D eigenvalue weighted by Gasteiger charge is -2.36. The standard InChI is InChI=1S/C16H32NO/c1-4-7-8-9-10-11-12-13-17(5-2,6-3)14-16-15-18-16/h10-11,16H,4-9,12-15H2,1-3H3/q+1/b11-10+. The van der Waals surface area contributed by atoms with Crippen molar-refractivity contribution in [2.24, 2.45) is 0 Å². The van der Waals surface area contributed by atoms with E-state index in [1.54, 1.807) is 0 Å². The number of rotatable bonds is 11. The maximum atomic E-state index is 5.41. The van der Waals surface area contributed by atoms with E-state index in [4.69, 9.17) is 4.74 Å². The Hall–Kier alpha value is -0.340. The minimum Gasteiger partial charge on any atom is -0.367 e. The SMILES string of the molecule is CCCCC/C=C/CC[N+](CC)(CC)CC1CO1. The molecule has 0 bridgehead atoms. The summed E-state index contributed by atoms with van der Waals surface area (Å²) in [4.78, 5) is 0. The van der Waals surface area contributed by atoms with Crippen LogP contribution in [-0.4, -0.2) is 43.4 Å². The molecule has 0 radical (unpaired) electrons. The van der Waals surface area contributed by atoms with Crippen molar-refractivity contribution in [2.45, 2.75) is 59.0 Å². The fourth-order valence-electron chi connectivity index (χ4n) is 2.59. The first kappa shape index (κ1) is 15.7. The van der Waals surface area contributed by atoms with E-state index in [1.165, 1.54) is 62.8 Å². The molecule has 2 nitrogen and oxygen atoms in total. The topological polar surface area (TPSA) is 12.5 Å². The van der Waals surface area contributed by atoms with Crippen molar-refractivity contribution < 1.29 is 9.22 Å². The molecule has 0 spiro atoms. The summed E-state index contributed by atoms with van der Waals surface area (Å²) < 4.78 is 6.63. The lowest BCUT2D eigenvalue weighted by atomic mass is 10.2. The minimum absolute atomic E-state index is 0.554. The van der Waals surface area contributed by atoms with Gasteiger partial charge >= 0.3 is 0 Å². The van der Waals surface area contributed by atoms with Crippen LogP contribution in [0.4, 0.5) is 0 Å². The van der Waals surface area contributed by atoms with Gasteiger partial charge in [-0.25, -0.2) is 0 Å². The van der Waals surface area contributed by atoms with Crippen LogP contribution in [0.1, 0.15) is 52.9 Å². The smallest absolute Gasteiger partial charge is 0.130 e. The summed E-state index contributed by atoms with van der Waals surface area (Å²) >= 11 is 0. The van der Waals surface area contributed by atoms with E-state index in [0.29, 0.717) is 6.10 Å². The first-order chi connectivity index (χ1) is 8.76. The zero-order chi connectivity index (χ0) is 13.3. The van der Waals surface area contributed by atoms with Crippen molar-refractivity contribution in [2.75, 3.05) is 32.8 Å². The Kier molecular flexibility index (Phi) is 7.60. The minimum atomic E-state index is 0.554. The van der Waals surface area contributed by atoms with Crippen LogP contribution < -0.4 is 0 Å². The van der Waals surface area contributed by atoms with Crippen molar-refractivity contribution in [3.05, 3.63) is 12.2 Å². The molecule has 0 saturated carbocycles. The molecule has 0 aromatic heterocycles. The first-order valence-electron chi connectivity index (χ1n) is 7.88. The number of unbranched alkanes of at least 4 members (excludes halogenated alkanes) is 3. The molecular formula is C16H32NO+. The number of nitrogens with zero attached hydrogens (tertiary/aromatic N) is 1. The zero-order valence-electron chi connectivity index (χ0n) is 12.7.